The summed E-state index contributed by atoms with van der Waals surface area (Å²) in [6.45, 7) is 6.43. The number of rotatable bonds is 3. The highest BCUT2D eigenvalue weighted by atomic mass is 79.9. The summed E-state index contributed by atoms with van der Waals surface area (Å²) in [5.41, 5.74) is 5.79. The monoisotopic (exact) mass is 381 g/mol. The maximum absolute atomic E-state index is 4.66. The molecule has 1 heterocycles. The predicted octanol–water partition coefficient (Wildman–Crippen LogP) is 5.86. The summed E-state index contributed by atoms with van der Waals surface area (Å²) in [5.74, 6) is 0. The van der Waals surface area contributed by atoms with Crippen molar-refractivity contribution in [2.24, 2.45) is 10.5 Å². The van der Waals surface area contributed by atoms with Gasteiger partial charge in [0.25, 0.3) is 0 Å². The van der Waals surface area contributed by atoms with Crippen LogP contribution in [-0.4, -0.2) is 10.7 Å². The number of fused-ring (bicyclic) bond motifs is 1. The molecule has 3 aromatic rings. The van der Waals surface area contributed by atoms with Crippen molar-refractivity contribution in [2.75, 3.05) is 5.43 Å². The van der Waals surface area contributed by atoms with Crippen LogP contribution in [-0.2, 0) is 0 Å². The Kier molecular flexibility index (Phi) is 4.67. The highest BCUT2D eigenvalue weighted by Gasteiger charge is 2.22. The number of benzene rings is 2. The maximum atomic E-state index is 4.66. The van der Waals surface area contributed by atoms with E-state index < -0.39 is 0 Å². The summed E-state index contributed by atoms with van der Waals surface area (Å²) in [5, 5.41) is 6.96. The van der Waals surface area contributed by atoms with E-state index in [1.807, 2.05) is 42.6 Å². The molecule has 3 nitrogen and oxygen atoms in total. The minimum atomic E-state index is -0.127. The van der Waals surface area contributed by atoms with Crippen LogP contribution >= 0.6 is 15.9 Å². The number of hydrogen-bond acceptors (Lipinski definition) is 3. The third kappa shape index (κ3) is 3.82. The lowest BCUT2D eigenvalue weighted by atomic mass is 9.87. The molecule has 0 aliphatic rings. The van der Waals surface area contributed by atoms with Crippen LogP contribution in [0.1, 0.15) is 26.5 Å². The Morgan fingerprint density at radius 3 is 2.33 bits per heavy atom. The van der Waals surface area contributed by atoms with Gasteiger partial charge in [-0.05, 0) is 35.7 Å². The topological polar surface area (TPSA) is 37.3 Å². The second kappa shape index (κ2) is 6.73. The van der Waals surface area contributed by atoms with Crippen molar-refractivity contribution in [1.82, 2.24) is 4.98 Å². The van der Waals surface area contributed by atoms with Crippen LogP contribution in [0.5, 0.6) is 0 Å². The van der Waals surface area contributed by atoms with Gasteiger partial charge in [-0.3, -0.25) is 10.4 Å². The Balaban J connectivity index is 1.98. The fourth-order valence-electron chi connectivity index (χ4n) is 2.47. The quantitative estimate of drug-likeness (QED) is 0.455. The SMILES string of the molecule is CC(C)(C)/C(=N\Nc1ccc(Br)cc1)c1cc2ccccc2cn1. The van der Waals surface area contributed by atoms with Gasteiger partial charge in [0.1, 0.15) is 0 Å². The fourth-order valence-corrected chi connectivity index (χ4v) is 2.73. The number of halogens is 1. The van der Waals surface area contributed by atoms with E-state index in [0.29, 0.717) is 0 Å². The van der Waals surface area contributed by atoms with E-state index >= 15 is 0 Å². The van der Waals surface area contributed by atoms with E-state index in [9.17, 15) is 0 Å². The first-order chi connectivity index (χ1) is 11.4. The van der Waals surface area contributed by atoms with Gasteiger partial charge in [-0.15, -0.1) is 0 Å². The summed E-state index contributed by atoms with van der Waals surface area (Å²) < 4.78 is 1.05. The third-order valence-corrected chi connectivity index (χ3v) is 4.25. The molecule has 1 aromatic heterocycles. The molecule has 0 spiro atoms. The summed E-state index contributed by atoms with van der Waals surface area (Å²) in [6.07, 6.45) is 1.91. The molecule has 3 rings (SSSR count). The summed E-state index contributed by atoms with van der Waals surface area (Å²) >= 11 is 3.44. The van der Waals surface area contributed by atoms with Crippen LogP contribution in [0.3, 0.4) is 0 Å². The molecule has 122 valence electrons. The van der Waals surface area contributed by atoms with Crippen molar-refractivity contribution in [2.45, 2.75) is 20.8 Å². The molecule has 0 atom stereocenters. The molecule has 2 aromatic carbocycles. The summed E-state index contributed by atoms with van der Waals surface area (Å²) in [4.78, 5) is 4.62. The van der Waals surface area contributed by atoms with E-state index in [-0.39, 0.29) is 5.41 Å². The van der Waals surface area contributed by atoms with Crippen molar-refractivity contribution in [3.05, 3.63) is 71.0 Å². The number of hydrazone groups is 1. The average molecular weight is 382 g/mol. The van der Waals surface area contributed by atoms with Gasteiger partial charge in [-0.25, -0.2) is 0 Å². The Labute approximate surface area is 150 Å². The number of anilines is 1. The van der Waals surface area contributed by atoms with Gasteiger partial charge in [-0.2, -0.15) is 5.10 Å². The zero-order valence-electron chi connectivity index (χ0n) is 14.0. The molecule has 0 amide bonds. The lowest BCUT2D eigenvalue weighted by Crippen LogP contribution is -2.24. The second-order valence-corrected chi connectivity index (χ2v) is 7.66. The second-order valence-electron chi connectivity index (χ2n) is 6.75. The first-order valence-corrected chi connectivity index (χ1v) is 8.68. The van der Waals surface area contributed by atoms with Gasteiger partial charge >= 0.3 is 0 Å². The molecular weight excluding hydrogens is 362 g/mol. The van der Waals surface area contributed by atoms with Gasteiger partial charge in [0, 0.05) is 21.5 Å². The largest absolute Gasteiger partial charge is 0.278 e. The fraction of sp³-hybridized carbons (Fsp3) is 0.200. The van der Waals surface area contributed by atoms with E-state index in [1.54, 1.807) is 0 Å². The molecule has 4 heteroatoms. The van der Waals surface area contributed by atoms with Crippen molar-refractivity contribution >= 4 is 38.1 Å². The van der Waals surface area contributed by atoms with E-state index in [0.717, 1.165) is 27.0 Å². The van der Waals surface area contributed by atoms with E-state index in [1.165, 1.54) is 5.39 Å². The average Bonchev–Trinajstić information content (AvgIpc) is 2.55. The van der Waals surface area contributed by atoms with Crippen molar-refractivity contribution < 1.29 is 0 Å². The lowest BCUT2D eigenvalue weighted by molar-refractivity contribution is 0.589. The maximum Gasteiger partial charge on any atom is 0.0916 e. The molecule has 0 bridgehead atoms. The van der Waals surface area contributed by atoms with Crippen molar-refractivity contribution in [1.29, 1.82) is 0 Å². The van der Waals surface area contributed by atoms with Crippen LogP contribution in [0.4, 0.5) is 5.69 Å². The summed E-state index contributed by atoms with van der Waals surface area (Å²) in [7, 11) is 0. The van der Waals surface area contributed by atoms with E-state index in [2.05, 4.69) is 70.4 Å². The number of hydrogen-bond donors (Lipinski definition) is 1. The van der Waals surface area contributed by atoms with Gasteiger partial charge in [0.05, 0.1) is 17.1 Å². The lowest BCUT2D eigenvalue weighted by Gasteiger charge is -2.21. The third-order valence-electron chi connectivity index (χ3n) is 3.73. The van der Waals surface area contributed by atoms with Crippen molar-refractivity contribution in [3.8, 4) is 0 Å². The first-order valence-electron chi connectivity index (χ1n) is 7.88. The molecule has 0 aliphatic heterocycles. The zero-order chi connectivity index (χ0) is 17.2. The van der Waals surface area contributed by atoms with Crippen LogP contribution in [0.25, 0.3) is 10.8 Å². The Bertz CT molecular complexity index is 877. The van der Waals surface area contributed by atoms with Crippen LogP contribution < -0.4 is 5.43 Å². The normalized spacial score (nSPS) is 12.4. The standard InChI is InChI=1S/C20H20BrN3/c1-20(2,3)19(24-23-17-10-8-16(21)9-11-17)18-12-14-6-4-5-7-15(14)13-22-18/h4-13,23H,1-3H3/b24-19-. The molecule has 0 fully saturated rings. The molecule has 0 saturated heterocycles. The van der Waals surface area contributed by atoms with Gasteiger partial charge in [0.2, 0.25) is 0 Å². The molecule has 0 unspecified atom stereocenters. The van der Waals surface area contributed by atoms with Crippen LogP contribution in [0.2, 0.25) is 0 Å². The van der Waals surface area contributed by atoms with Crippen molar-refractivity contribution in [3.63, 3.8) is 0 Å². The van der Waals surface area contributed by atoms with E-state index in [4.69, 9.17) is 0 Å². The zero-order valence-corrected chi connectivity index (χ0v) is 15.6. The van der Waals surface area contributed by atoms with Gasteiger partial charge < -0.3 is 0 Å². The van der Waals surface area contributed by atoms with Gasteiger partial charge in [-0.1, -0.05) is 61.0 Å². The highest BCUT2D eigenvalue weighted by molar-refractivity contribution is 9.10. The number of nitrogens with zero attached hydrogens (tertiary/aromatic N) is 2. The Morgan fingerprint density at radius 1 is 1.00 bits per heavy atom. The number of aromatic nitrogens is 1. The smallest absolute Gasteiger partial charge is 0.0916 e. The Hall–Kier alpha value is -2.20. The highest BCUT2D eigenvalue weighted by Crippen LogP contribution is 2.24. The minimum absolute atomic E-state index is 0.127. The predicted molar refractivity (Wildman–Crippen MR) is 105 cm³/mol. The number of nitrogens with one attached hydrogen (secondary N) is 1. The minimum Gasteiger partial charge on any atom is -0.278 e. The first kappa shape index (κ1) is 16.7. The molecule has 0 saturated carbocycles. The number of pyridine rings is 1. The van der Waals surface area contributed by atoms with Crippen LogP contribution in [0.15, 0.2) is 70.4 Å². The molecule has 24 heavy (non-hydrogen) atoms. The summed E-state index contributed by atoms with van der Waals surface area (Å²) in [6, 6.07) is 18.3. The Morgan fingerprint density at radius 2 is 1.67 bits per heavy atom. The molecule has 0 aliphatic carbocycles. The molecular formula is C20H20BrN3. The molecule has 1 N–H and O–H groups in total. The molecule has 0 radical (unpaired) electrons. The van der Waals surface area contributed by atoms with Gasteiger partial charge in [0.15, 0.2) is 0 Å². The van der Waals surface area contributed by atoms with Crippen LogP contribution in [0, 0.1) is 5.41 Å².